The van der Waals surface area contributed by atoms with Gasteiger partial charge in [-0.2, -0.15) is 13.2 Å². The average molecular weight is 821 g/mol. The smallest absolute Gasteiger partial charge is 0.411 e. The highest BCUT2D eigenvalue weighted by atomic mass is 35.5. The van der Waals surface area contributed by atoms with Crippen LogP contribution in [-0.4, -0.2) is 119 Å². The Morgan fingerprint density at radius 2 is 1.93 bits per heavy atom. The number of rotatable bonds is 4. The van der Waals surface area contributed by atoms with E-state index < -0.39 is 45.0 Å². The predicted molar refractivity (Wildman–Crippen MR) is 208 cm³/mol. The number of carbonyl (C=O) groups excluding carboxylic acids is 1. The van der Waals surface area contributed by atoms with Gasteiger partial charge in [0.2, 0.25) is 10.0 Å². The largest absolute Gasteiger partial charge is 0.490 e. The van der Waals surface area contributed by atoms with Crippen LogP contribution >= 0.6 is 11.6 Å². The summed E-state index contributed by atoms with van der Waals surface area (Å²) in [5.74, 6) is -0.459. The van der Waals surface area contributed by atoms with Gasteiger partial charge in [-0.1, -0.05) is 29.8 Å². The molecule has 2 saturated heterocycles. The molecule has 1 saturated carbocycles. The molecular formula is C41H52ClF3N4O6S. The maximum Gasteiger partial charge on any atom is 0.411 e. The van der Waals surface area contributed by atoms with Crippen molar-refractivity contribution in [3.8, 4) is 5.75 Å². The first kappa shape index (κ1) is 39.9. The molecule has 2 aromatic rings. The fourth-order valence-electron chi connectivity index (χ4n) is 10.0. The second kappa shape index (κ2) is 15.7. The van der Waals surface area contributed by atoms with Crippen LogP contribution in [-0.2, 0) is 31.3 Å². The third kappa shape index (κ3) is 8.20. The molecule has 4 aliphatic heterocycles. The second-order valence-electron chi connectivity index (χ2n) is 16.9. The molecule has 2 aliphatic carbocycles. The lowest BCUT2D eigenvalue weighted by molar-refractivity contribution is -0.219. The maximum absolute atomic E-state index is 14.2. The topological polar surface area (TPSA) is 101 Å². The Morgan fingerprint density at radius 1 is 1.07 bits per heavy atom. The van der Waals surface area contributed by atoms with Crippen molar-refractivity contribution in [1.29, 1.82) is 0 Å². The van der Waals surface area contributed by atoms with Gasteiger partial charge >= 0.3 is 6.18 Å². The number of allylic oxidation sites excluding steroid dienone is 1. The van der Waals surface area contributed by atoms with E-state index in [1.807, 2.05) is 18.2 Å². The van der Waals surface area contributed by atoms with E-state index in [4.69, 9.17) is 25.8 Å². The Bertz CT molecular complexity index is 1930. The number of carbonyl (C=O) groups is 1. The molecule has 6 atom stereocenters. The van der Waals surface area contributed by atoms with Crippen molar-refractivity contribution in [2.75, 3.05) is 77.1 Å². The molecule has 15 heteroatoms. The van der Waals surface area contributed by atoms with E-state index in [0.29, 0.717) is 68.9 Å². The lowest BCUT2D eigenvalue weighted by Gasteiger charge is -2.53. The maximum atomic E-state index is 14.2. The van der Waals surface area contributed by atoms with Gasteiger partial charge in [0.1, 0.15) is 18.0 Å². The molecular weight excluding hydrogens is 769 g/mol. The quantitative estimate of drug-likeness (QED) is 0.374. The minimum Gasteiger partial charge on any atom is -0.490 e. The highest BCUT2D eigenvalue weighted by molar-refractivity contribution is 7.90. The minimum atomic E-state index is -4.55. The van der Waals surface area contributed by atoms with E-state index in [1.54, 1.807) is 24.3 Å². The van der Waals surface area contributed by atoms with Crippen molar-refractivity contribution >= 4 is 33.2 Å². The van der Waals surface area contributed by atoms with Crippen molar-refractivity contribution in [2.45, 2.75) is 80.4 Å². The Balaban J connectivity index is 1.20. The highest BCUT2D eigenvalue weighted by Crippen LogP contribution is 2.50. The van der Waals surface area contributed by atoms with Gasteiger partial charge in [0.15, 0.2) is 0 Å². The highest BCUT2D eigenvalue weighted by Gasteiger charge is 2.52. The number of hydrogen-bond acceptors (Lipinski definition) is 9. The summed E-state index contributed by atoms with van der Waals surface area (Å²) in [6, 6.07) is 11.2. The third-order valence-corrected chi connectivity index (χ3v) is 15.2. The summed E-state index contributed by atoms with van der Waals surface area (Å²) in [5, 5.41) is -0.271. The fourth-order valence-corrected chi connectivity index (χ4v) is 11.3. The number of benzene rings is 2. The van der Waals surface area contributed by atoms with Crippen molar-refractivity contribution in [3.05, 3.63) is 70.3 Å². The molecule has 0 aromatic heterocycles. The summed E-state index contributed by atoms with van der Waals surface area (Å²) in [6.45, 7) is 6.06. The first-order valence-electron chi connectivity index (χ1n) is 20.0. The molecule has 1 N–H and O–H groups in total. The predicted octanol–water partition coefficient (Wildman–Crippen LogP) is 5.97. The normalized spacial score (nSPS) is 33.2. The zero-order valence-corrected chi connectivity index (χ0v) is 33.4. The summed E-state index contributed by atoms with van der Waals surface area (Å²) in [7, 11) is -4.08. The first-order chi connectivity index (χ1) is 26.7. The summed E-state index contributed by atoms with van der Waals surface area (Å²) < 4.78 is 90.4. The number of aryl methyl sites for hydroxylation is 1. The van der Waals surface area contributed by atoms with E-state index >= 15 is 0 Å². The summed E-state index contributed by atoms with van der Waals surface area (Å²) in [5.41, 5.74) is 1.46. The molecule has 306 valence electrons. The van der Waals surface area contributed by atoms with Gasteiger partial charge in [-0.05, 0) is 105 Å². The number of nitrogens with zero attached hydrogens (tertiary/aromatic N) is 3. The molecule has 10 nitrogen and oxygen atoms in total. The van der Waals surface area contributed by atoms with Crippen LogP contribution in [0.4, 0.5) is 18.9 Å². The number of nitrogens with one attached hydrogen (secondary N) is 1. The number of hydrogen-bond donors (Lipinski definition) is 1. The van der Waals surface area contributed by atoms with Crippen LogP contribution in [0.25, 0.3) is 0 Å². The number of piperazine rings is 1. The van der Waals surface area contributed by atoms with Crippen LogP contribution in [0.3, 0.4) is 0 Å². The van der Waals surface area contributed by atoms with Crippen molar-refractivity contribution in [3.63, 3.8) is 0 Å². The zero-order chi connectivity index (χ0) is 39.3. The van der Waals surface area contributed by atoms with Crippen molar-refractivity contribution < 1.29 is 40.6 Å². The van der Waals surface area contributed by atoms with Gasteiger partial charge < -0.3 is 19.1 Å². The molecule has 0 unspecified atom stereocenters. The second-order valence-corrected chi connectivity index (χ2v) is 19.4. The molecule has 8 rings (SSSR count). The molecule has 6 aliphatic rings. The fraction of sp³-hybridized carbons (Fsp3) is 0.634. The molecule has 1 amide bonds. The van der Waals surface area contributed by atoms with Gasteiger partial charge in [0.05, 0.1) is 30.8 Å². The number of amides is 1. The Kier molecular flexibility index (Phi) is 11.2. The average Bonchev–Trinajstić information content (AvgIpc) is 3.30. The van der Waals surface area contributed by atoms with Crippen LogP contribution in [0.15, 0.2) is 48.6 Å². The van der Waals surface area contributed by atoms with E-state index in [1.165, 1.54) is 12.5 Å². The Morgan fingerprint density at radius 3 is 2.73 bits per heavy atom. The molecule has 0 radical (unpaired) electrons. The number of ether oxygens (including phenoxy) is 3. The van der Waals surface area contributed by atoms with Crippen LogP contribution in [0.1, 0.15) is 66.9 Å². The number of alkyl halides is 3. The lowest BCUT2D eigenvalue weighted by atomic mass is 9.63. The number of anilines is 1. The first-order valence-corrected chi connectivity index (χ1v) is 21.9. The Hall–Kier alpha value is -2.88. The van der Waals surface area contributed by atoms with Crippen LogP contribution < -0.4 is 14.4 Å². The molecule has 4 heterocycles. The SMILES string of the molecule is C[C@@H]1CC/C=C/[C@](CN2CCN3CCOC[C@@H]3C2)(OCC(F)(F)F)[C@@H]2CC[C@H]2CN2C[C@@]3(CCCc4cc(Cl)ccc43)COc3ccc(cc32)C(=O)NS1(=O)=O. The van der Waals surface area contributed by atoms with Gasteiger partial charge in [-0.25, -0.2) is 13.1 Å². The van der Waals surface area contributed by atoms with E-state index in [9.17, 15) is 26.4 Å². The third-order valence-electron chi connectivity index (χ3n) is 13.2. The number of fused-ring (bicyclic) bond motifs is 5. The van der Waals surface area contributed by atoms with Gasteiger partial charge in [-0.15, -0.1) is 0 Å². The summed E-state index contributed by atoms with van der Waals surface area (Å²) >= 11 is 6.47. The Labute approximate surface area is 332 Å². The molecule has 1 spiro atoms. The van der Waals surface area contributed by atoms with Crippen LogP contribution in [0.2, 0.25) is 5.02 Å². The van der Waals surface area contributed by atoms with Crippen molar-refractivity contribution in [1.82, 2.24) is 14.5 Å². The lowest BCUT2D eigenvalue weighted by Crippen LogP contribution is -2.63. The van der Waals surface area contributed by atoms with Crippen LogP contribution in [0.5, 0.6) is 5.75 Å². The standard InChI is InChI=1S/C41H52ClF3N4O6S/c1-28-5-2-3-14-40(55-27-41(43,44)45,25-47-15-16-48-17-18-53-23-33(48)22-47)35-10-7-31(35)21-49-24-39(13-4-6-29-19-32(42)9-11-34(29)39)26-54-37-12-8-30(20-36(37)49)38(50)46-56(28,51)52/h3,8-9,11-12,14,19-20,28,31,33,35H,2,4-7,10,13,15-18,21-27H2,1H3,(H,46,50)/b14-3+/t28-,31+,33+,35-,39+,40-/m1/s1. The molecule has 56 heavy (non-hydrogen) atoms. The number of halogens is 4. The van der Waals surface area contributed by atoms with E-state index in [0.717, 1.165) is 44.3 Å². The summed E-state index contributed by atoms with van der Waals surface area (Å²) in [4.78, 5) is 20.4. The van der Waals surface area contributed by atoms with Crippen molar-refractivity contribution in [2.24, 2.45) is 11.8 Å². The van der Waals surface area contributed by atoms with Crippen LogP contribution in [0, 0.1) is 11.8 Å². The number of sulfonamides is 1. The molecule has 3 fully saturated rings. The minimum absolute atomic E-state index is 0.0480. The van der Waals surface area contributed by atoms with E-state index in [2.05, 4.69) is 25.5 Å². The van der Waals surface area contributed by atoms with Gasteiger partial charge in [0, 0.05) is 67.9 Å². The van der Waals surface area contributed by atoms with E-state index in [-0.39, 0.29) is 42.8 Å². The molecule has 2 aromatic carbocycles. The van der Waals surface area contributed by atoms with Gasteiger partial charge in [-0.3, -0.25) is 14.6 Å². The zero-order valence-electron chi connectivity index (χ0n) is 31.9. The number of morpholine rings is 1. The van der Waals surface area contributed by atoms with Gasteiger partial charge in [0.25, 0.3) is 5.91 Å². The molecule has 2 bridgehead atoms. The monoisotopic (exact) mass is 820 g/mol. The summed E-state index contributed by atoms with van der Waals surface area (Å²) in [6.07, 6.45) is 3.64.